The number of rotatable bonds is 7. The summed E-state index contributed by atoms with van der Waals surface area (Å²) in [5.41, 5.74) is 3.25. The molecule has 176 valence electrons. The van der Waals surface area contributed by atoms with E-state index < -0.39 is 10.0 Å². The highest BCUT2D eigenvalue weighted by molar-refractivity contribution is 14.0. The van der Waals surface area contributed by atoms with Gasteiger partial charge in [-0.25, -0.2) is 13.1 Å². The van der Waals surface area contributed by atoms with Gasteiger partial charge in [0, 0.05) is 26.7 Å². The van der Waals surface area contributed by atoms with Crippen LogP contribution in [0.2, 0.25) is 0 Å². The third kappa shape index (κ3) is 7.18. The number of aliphatic imine (C=N–C) groups is 1. The van der Waals surface area contributed by atoms with E-state index in [1.165, 1.54) is 12.6 Å². The minimum atomic E-state index is -3.28. The van der Waals surface area contributed by atoms with Crippen LogP contribution in [0.5, 0.6) is 0 Å². The Morgan fingerprint density at radius 1 is 1.12 bits per heavy atom. The largest absolute Gasteiger partial charge is 0.352 e. The molecule has 2 N–H and O–H groups in total. The maximum atomic E-state index is 11.8. The Balaban J connectivity index is 0.00000363. The molecule has 2 aromatic rings. The lowest BCUT2D eigenvalue weighted by atomic mass is 9.79. The van der Waals surface area contributed by atoms with Gasteiger partial charge in [0.1, 0.15) is 0 Å². The number of halogens is 1. The molecule has 0 amide bonds. The molecular formula is C24H35IN4O2S. The first-order valence-electron chi connectivity index (χ1n) is 10.9. The molecule has 3 rings (SSSR count). The molecule has 1 fully saturated rings. The molecule has 32 heavy (non-hydrogen) atoms. The third-order valence-corrected chi connectivity index (χ3v) is 7.44. The number of piperidine rings is 1. The number of nitrogens with one attached hydrogen (secondary N) is 2. The Kier molecular flexibility index (Phi) is 10.4. The fourth-order valence-electron chi connectivity index (χ4n) is 4.41. The fraction of sp³-hybridized carbons (Fsp3) is 0.458. The van der Waals surface area contributed by atoms with Gasteiger partial charge < -0.3 is 10.2 Å². The highest BCUT2D eigenvalue weighted by Crippen LogP contribution is 2.34. The zero-order valence-corrected chi connectivity index (χ0v) is 22.3. The zero-order valence-electron chi connectivity index (χ0n) is 19.1. The quantitative estimate of drug-likeness (QED) is 0.301. The van der Waals surface area contributed by atoms with Gasteiger partial charge in [-0.05, 0) is 42.0 Å². The lowest BCUT2D eigenvalue weighted by Crippen LogP contribution is -2.48. The highest BCUT2D eigenvalue weighted by Gasteiger charge is 2.30. The van der Waals surface area contributed by atoms with Crippen LogP contribution in [0.4, 0.5) is 0 Å². The molecule has 0 spiro atoms. The van der Waals surface area contributed by atoms with Crippen molar-refractivity contribution in [2.75, 3.05) is 27.2 Å². The van der Waals surface area contributed by atoms with Gasteiger partial charge in [-0.1, -0.05) is 67.9 Å². The molecule has 2 unspecified atom stereocenters. The van der Waals surface area contributed by atoms with Gasteiger partial charge in [0.25, 0.3) is 0 Å². The monoisotopic (exact) mass is 570 g/mol. The van der Waals surface area contributed by atoms with Crippen molar-refractivity contribution in [3.63, 3.8) is 0 Å². The van der Waals surface area contributed by atoms with Crippen molar-refractivity contribution in [3.05, 3.63) is 71.3 Å². The van der Waals surface area contributed by atoms with E-state index in [-0.39, 0.29) is 29.7 Å². The second kappa shape index (κ2) is 12.6. The van der Waals surface area contributed by atoms with Crippen molar-refractivity contribution in [3.8, 4) is 0 Å². The summed E-state index contributed by atoms with van der Waals surface area (Å²) in [6, 6.07) is 18.5. The summed E-state index contributed by atoms with van der Waals surface area (Å²) < 4.78 is 26.0. The Morgan fingerprint density at radius 2 is 1.84 bits per heavy atom. The summed E-state index contributed by atoms with van der Waals surface area (Å²) in [4.78, 5) is 6.86. The predicted molar refractivity (Wildman–Crippen MR) is 143 cm³/mol. The zero-order chi connectivity index (χ0) is 22.3. The molecule has 8 heteroatoms. The standard InChI is InChI=1S/C24H34N4O2S.HI/c1-4-21-17-28(14-13-23(21)22-11-6-5-7-12-22)24(25-2)27-16-19-9-8-10-20(15-19)18-31(29,30)26-3;/h5-12,15,21,23,26H,4,13-14,16-18H2,1-3H3,(H,25,27);1H. The number of nitrogens with zero attached hydrogens (tertiary/aromatic N) is 2. The lowest BCUT2D eigenvalue weighted by molar-refractivity contribution is 0.215. The Bertz CT molecular complexity index is 983. The van der Waals surface area contributed by atoms with Gasteiger partial charge in [0.05, 0.1) is 5.75 Å². The van der Waals surface area contributed by atoms with Crippen LogP contribution in [0.1, 0.15) is 42.4 Å². The molecule has 2 atom stereocenters. The maximum absolute atomic E-state index is 11.8. The average Bonchev–Trinajstić information content (AvgIpc) is 2.80. The molecule has 1 aliphatic rings. The number of sulfonamides is 1. The Hall–Kier alpha value is -1.65. The molecule has 0 aliphatic carbocycles. The molecular weight excluding hydrogens is 535 g/mol. The van der Waals surface area contributed by atoms with Crippen molar-refractivity contribution in [2.24, 2.45) is 10.9 Å². The Morgan fingerprint density at radius 3 is 2.50 bits per heavy atom. The average molecular weight is 571 g/mol. The van der Waals surface area contributed by atoms with Gasteiger partial charge >= 0.3 is 0 Å². The minimum absolute atomic E-state index is 0. The van der Waals surface area contributed by atoms with E-state index in [9.17, 15) is 8.42 Å². The molecule has 0 bridgehead atoms. The molecule has 2 aromatic carbocycles. The predicted octanol–water partition coefficient (Wildman–Crippen LogP) is 3.94. The van der Waals surface area contributed by atoms with Crippen molar-refractivity contribution in [1.82, 2.24) is 14.9 Å². The summed E-state index contributed by atoms with van der Waals surface area (Å²) in [6.45, 7) is 4.83. The van der Waals surface area contributed by atoms with Crippen LogP contribution in [0.25, 0.3) is 0 Å². The minimum Gasteiger partial charge on any atom is -0.352 e. The molecule has 6 nitrogen and oxygen atoms in total. The van der Waals surface area contributed by atoms with E-state index in [2.05, 4.69) is 57.2 Å². The van der Waals surface area contributed by atoms with Gasteiger partial charge in [-0.2, -0.15) is 0 Å². The van der Waals surface area contributed by atoms with E-state index in [1.54, 1.807) is 0 Å². The number of likely N-dealkylation sites (tertiary alicyclic amines) is 1. The van der Waals surface area contributed by atoms with E-state index >= 15 is 0 Å². The van der Waals surface area contributed by atoms with Crippen molar-refractivity contribution < 1.29 is 8.42 Å². The molecule has 0 aromatic heterocycles. The van der Waals surface area contributed by atoms with Crippen molar-refractivity contribution in [1.29, 1.82) is 0 Å². The number of benzene rings is 2. The Labute approximate surface area is 210 Å². The van der Waals surface area contributed by atoms with Crippen LogP contribution in [-0.4, -0.2) is 46.5 Å². The normalized spacial score (nSPS) is 19.3. The van der Waals surface area contributed by atoms with E-state index in [0.717, 1.165) is 43.0 Å². The van der Waals surface area contributed by atoms with Gasteiger partial charge in [-0.15, -0.1) is 24.0 Å². The number of hydrogen-bond acceptors (Lipinski definition) is 3. The fourth-order valence-corrected chi connectivity index (χ4v) is 5.17. The maximum Gasteiger partial charge on any atom is 0.215 e. The summed E-state index contributed by atoms with van der Waals surface area (Å²) >= 11 is 0. The molecule has 0 radical (unpaired) electrons. The van der Waals surface area contributed by atoms with Crippen molar-refractivity contribution >= 4 is 40.0 Å². The van der Waals surface area contributed by atoms with E-state index in [0.29, 0.717) is 18.4 Å². The summed E-state index contributed by atoms with van der Waals surface area (Å²) in [7, 11) is -0.0204. The first kappa shape index (κ1) is 26.6. The highest BCUT2D eigenvalue weighted by atomic mass is 127. The lowest BCUT2D eigenvalue weighted by Gasteiger charge is -2.40. The molecule has 1 heterocycles. The van der Waals surface area contributed by atoms with Gasteiger partial charge in [-0.3, -0.25) is 4.99 Å². The van der Waals surface area contributed by atoms with Crippen LogP contribution in [0.3, 0.4) is 0 Å². The second-order valence-electron chi connectivity index (χ2n) is 8.10. The van der Waals surface area contributed by atoms with Crippen molar-refractivity contribution in [2.45, 2.75) is 38.0 Å². The van der Waals surface area contributed by atoms with Crippen LogP contribution in [-0.2, 0) is 22.3 Å². The van der Waals surface area contributed by atoms with Crippen LogP contribution >= 0.6 is 24.0 Å². The van der Waals surface area contributed by atoms with E-state index in [4.69, 9.17) is 0 Å². The molecule has 1 aliphatic heterocycles. The SMILES string of the molecule is CCC1CN(C(=NC)NCc2cccc(CS(=O)(=O)NC)c2)CCC1c1ccccc1.I. The molecule has 1 saturated heterocycles. The number of guanidine groups is 1. The van der Waals surface area contributed by atoms with Crippen LogP contribution in [0, 0.1) is 5.92 Å². The van der Waals surface area contributed by atoms with E-state index in [1.807, 2.05) is 31.3 Å². The van der Waals surface area contributed by atoms with Gasteiger partial charge in [0.15, 0.2) is 5.96 Å². The van der Waals surface area contributed by atoms with Crippen LogP contribution < -0.4 is 10.0 Å². The van der Waals surface area contributed by atoms with Gasteiger partial charge in [0.2, 0.25) is 10.0 Å². The summed E-state index contributed by atoms with van der Waals surface area (Å²) in [5.74, 6) is 2.06. The second-order valence-corrected chi connectivity index (χ2v) is 10.0. The first-order valence-corrected chi connectivity index (χ1v) is 12.6. The van der Waals surface area contributed by atoms with Crippen LogP contribution in [0.15, 0.2) is 59.6 Å². The molecule has 0 saturated carbocycles. The third-order valence-electron chi connectivity index (χ3n) is 6.11. The smallest absolute Gasteiger partial charge is 0.215 e. The summed E-state index contributed by atoms with van der Waals surface area (Å²) in [5, 5.41) is 3.47. The summed E-state index contributed by atoms with van der Waals surface area (Å²) in [6.07, 6.45) is 2.25. The first-order chi connectivity index (χ1) is 15.0. The topological polar surface area (TPSA) is 73.8 Å². The number of hydrogen-bond donors (Lipinski definition) is 2.